The number of halogens is 2. The number of piperidine rings is 1. The van der Waals surface area contributed by atoms with Crippen LogP contribution in [0, 0.1) is 0 Å². The van der Waals surface area contributed by atoms with Crippen molar-refractivity contribution in [2.75, 3.05) is 26.2 Å². The third kappa shape index (κ3) is 5.32. The molecule has 1 aromatic heterocycles. The van der Waals surface area contributed by atoms with Gasteiger partial charge in [-0.15, -0.1) is 0 Å². The minimum absolute atomic E-state index is 0.0110. The maximum Gasteiger partial charge on any atom is 0.0478 e. The molecule has 1 fully saturated rings. The van der Waals surface area contributed by atoms with Crippen LogP contribution in [0.2, 0.25) is 10.0 Å². The van der Waals surface area contributed by atoms with E-state index in [4.69, 9.17) is 28.9 Å². The first-order valence-corrected chi connectivity index (χ1v) is 13.7. The first-order valence-electron chi connectivity index (χ1n) is 13.0. The van der Waals surface area contributed by atoms with Crippen LogP contribution in [0.25, 0.3) is 0 Å². The monoisotopic (exact) mass is 529 g/mol. The number of likely N-dealkylation sites (tertiary alicyclic amines) is 1. The fourth-order valence-corrected chi connectivity index (χ4v) is 6.20. The average molecular weight is 531 g/mol. The van der Waals surface area contributed by atoms with E-state index in [0.717, 1.165) is 48.9 Å². The van der Waals surface area contributed by atoms with E-state index in [9.17, 15) is 0 Å². The Balaban J connectivity index is 1.44. The lowest BCUT2D eigenvalue weighted by molar-refractivity contribution is 0.155. The Bertz CT molecular complexity index is 1230. The SMILES string of the molecule is NCC1(c2ccc(Cl)cc2)CCN(CCC(c2ccccc2)(c2ccc(Cl)cc2)c2cccnc2)CC1. The molecule has 0 amide bonds. The second kappa shape index (κ2) is 11.4. The van der Waals surface area contributed by atoms with Gasteiger partial charge in [0.1, 0.15) is 0 Å². The van der Waals surface area contributed by atoms with Crippen molar-refractivity contribution in [3.05, 3.63) is 136 Å². The topological polar surface area (TPSA) is 42.1 Å². The van der Waals surface area contributed by atoms with Gasteiger partial charge in [0.2, 0.25) is 0 Å². The van der Waals surface area contributed by atoms with Crippen molar-refractivity contribution in [2.24, 2.45) is 5.73 Å². The number of benzene rings is 3. The molecule has 5 rings (SSSR count). The van der Waals surface area contributed by atoms with Crippen LogP contribution in [0.5, 0.6) is 0 Å². The highest BCUT2D eigenvalue weighted by Crippen LogP contribution is 2.43. The maximum atomic E-state index is 6.37. The van der Waals surface area contributed by atoms with E-state index in [0.29, 0.717) is 6.54 Å². The highest BCUT2D eigenvalue weighted by molar-refractivity contribution is 6.30. The standard InChI is InChI=1S/C32H33Cl2N3/c33-29-12-8-25(9-13-29)31(24-35)16-20-37(21-17-31)22-18-32(26-5-2-1-3-6-26,28-7-4-19-36-23-28)27-10-14-30(34)15-11-27/h1-15,19,23H,16-18,20-22,24,35H2. The summed E-state index contributed by atoms with van der Waals surface area (Å²) in [6.07, 6.45) is 6.86. The minimum Gasteiger partial charge on any atom is -0.330 e. The number of hydrogen-bond donors (Lipinski definition) is 1. The van der Waals surface area contributed by atoms with Crippen LogP contribution in [0.3, 0.4) is 0 Å². The smallest absolute Gasteiger partial charge is 0.0478 e. The molecule has 1 unspecified atom stereocenters. The van der Waals surface area contributed by atoms with Crippen LogP contribution in [-0.2, 0) is 10.8 Å². The number of hydrogen-bond acceptors (Lipinski definition) is 3. The molecule has 190 valence electrons. The molecular formula is C32H33Cl2N3. The average Bonchev–Trinajstić information content (AvgIpc) is 2.96. The largest absolute Gasteiger partial charge is 0.330 e. The van der Waals surface area contributed by atoms with E-state index in [1.165, 1.54) is 22.3 Å². The van der Waals surface area contributed by atoms with Crippen LogP contribution < -0.4 is 5.73 Å². The molecule has 0 saturated carbocycles. The molecule has 3 nitrogen and oxygen atoms in total. The molecule has 2 heterocycles. The highest BCUT2D eigenvalue weighted by Gasteiger charge is 2.39. The molecule has 1 atom stereocenters. The van der Waals surface area contributed by atoms with Crippen molar-refractivity contribution < 1.29 is 0 Å². The molecule has 0 bridgehead atoms. The number of nitrogens with two attached hydrogens (primary N) is 1. The van der Waals surface area contributed by atoms with Gasteiger partial charge in [-0.2, -0.15) is 0 Å². The van der Waals surface area contributed by atoms with Gasteiger partial charge in [0.05, 0.1) is 0 Å². The number of nitrogens with zero attached hydrogens (tertiary/aromatic N) is 2. The summed E-state index contributed by atoms with van der Waals surface area (Å²) < 4.78 is 0. The summed E-state index contributed by atoms with van der Waals surface area (Å²) in [5.74, 6) is 0. The van der Waals surface area contributed by atoms with Crippen LogP contribution in [0.15, 0.2) is 103 Å². The Morgan fingerprint density at radius 2 is 1.35 bits per heavy atom. The quantitative estimate of drug-likeness (QED) is 0.264. The van der Waals surface area contributed by atoms with Crippen molar-refractivity contribution in [2.45, 2.75) is 30.1 Å². The first kappa shape index (κ1) is 25.9. The molecule has 1 saturated heterocycles. The fourth-order valence-electron chi connectivity index (χ4n) is 5.95. The summed E-state index contributed by atoms with van der Waals surface area (Å²) in [5, 5.41) is 1.51. The van der Waals surface area contributed by atoms with Gasteiger partial charge in [0.25, 0.3) is 0 Å². The van der Waals surface area contributed by atoms with E-state index in [2.05, 4.69) is 70.5 Å². The van der Waals surface area contributed by atoms with E-state index < -0.39 is 0 Å². The summed E-state index contributed by atoms with van der Waals surface area (Å²) in [6, 6.07) is 31.6. The zero-order valence-electron chi connectivity index (χ0n) is 21.0. The molecule has 2 N–H and O–H groups in total. The van der Waals surface area contributed by atoms with Crippen LogP contribution in [0.4, 0.5) is 0 Å². The van der Waals surface area contributed by atoms with Gasteiger partial charge in [-0.1, -0.05) is 83.9 Å². The van der Waals surface area contributed by atoms with E-state index in [-0.39, 0.29) is 10.8 Å². The molecular weight excluding hydrogens is 497 g/mol. The summed E-state index contributed by atoms with van der Waals surface area (Å²) in [7, 11) is 0. The highest BCUT2D eigenvalue weighted by atomic mass is 35.5. The summed E-state index contributed by atoms with van der Waals surface area (Å²) in [5.41, 5.74) is 11.0. The zero-order valence-corrected chi connectivity index (χ0v) is 22.5. The van der Waals surface area contributed by atoms with E-state index in [1.54, 1.807) is 0 Å². The van der Waals surface area contributed by atoms with Crippen LogP contribution in [0.1, 0.15) is 41.5 Å². The third-order valence-electron chi connectivity index (χ3n) is 8.22. The van der Waals surface area contributed by atoms with Crippen LogP contribution in [-0.4, -0.2) is 36.1 Å². The van der Waals surface area contributed by atoms with Crippen molar-refractivity contribution in [1.29, 1.82) is 0 Å². The second-order valence-corrected chi connectivity index (χ2v) is 11.0. The van der Waals surface area contributed by atoms with Gasteiger partial charge in [-0.05, 0) is 91.5 Å². The van der Waals surface area contributed by atoms with Crippen molar-refractivity contribution in [1.82, 2.24) is 9.88 Å². The van der Waals surface area contributed by atoms with Gasteiger partial charge in [-0.3, -0.25) is 4.98 Å². The molecule has 3 aromatic carbocycles. The Morgan fingerprint density at radius 3 is 1.95 bits per heavy atom. The minimum atomic E-state index is -0.335. The predicted molar refractivity (Wildman–Crippen MR) is 154 cm³/mol. The molecule has 1 aliphatic heterocycles. The second-order valence-electron chi connectivity index (χ2n) is 10.1. The number of aromatic nitrogens is 1. The first-order chi connectivity index (χ1) is 18.1. The lowest BCUT2D eigenvalue weighted by Gasteiger charge is -2.43. The number of pyridine rings is 1. The fraction of sp³-hybridized carbons (Fsp3) is 0.281. The van der Waals surface area contributed by atoms with E-state index in [1.807, 2.05) is 42.7 Å². The summed E-state index contributed by atoms with van der Waals surface area (Å²) in [6.45, 7) is 3.64. The molecule has 0 aliphatic carbocycles. The Labute approximate surface area is 230 Å². The van der Waals surface area contributed by atoms with Gasteiger partial charge >= 0.3 is 0 Å². The number of rotatable bonds is 8. The molecule has 0 radical (unpaired) electrons. The van der Waals surface area contributed by atoms with Crippen molar-refractivity contribution >= 4 is 23.2 Å². The Kier molecular flexibility index (Phi) is 7.97. The lowest BCUT2D eigenvalue weighted by atomic mass is 9.67. The van der Waals surface area contributed by atoms with Crippen LogP contribution >= 0.6 is 23.2 Å². The lowest BCUT2D eigenvalue weighted by Crippen LogP contribution is -2.47. The molecule has 0 spiro atoms. The van der Waals surface area contributed by atoms with Gasteiger partial charge < -0.3 is 10.6 Å². The van der Waals surface area contributed by atoms with Crippen molar-refractivity contribution in [3.8, 4) is 0 Å². The van der Waals surface area contributed by atoms with Crippen molar-refractivity contribution in [3.63, 3.8) is 0 Å². The Hall–Kier alpha value is -2.69. The maximum absolute atomic E-state index is 6.37. The molecule has 1 aliphatic rings. The van der Waals surface area contributed by atoms with E-state index >= 15 is 0 Å². The Morgan fingerprint density at radius 1 is 0.757 bits per heavy atom. The van der Waals surface area contributed by atoms with Gasteiger partial charge in [0.15, 0.2) is 0 Å². The zero-order chi connectivity index (χ0) is 25.7. The normalized spacial score (nSPS) is 17.3. The summed E-state index contributed by atoms with van der Waals surface area (Å²) in [4.78, 5) is 7.11. The molecule has 5 heteroatoms. The molecule has 4 aromatic rings. The van der Waals surface area contributed by atoms with Gasteiger partial charge in [0, 0.05) is 39.8 Å². The molecule has 37 heavy (non-hydrogen) atoms. The summed E-state index contributed by atoms with van der Waals surface area (Å²) >= 11 is 12.5. The van der Waals surface area contributed by atoms with Gasteiger partial charge in [-0.25, -0.2) is 0 Å². The predicted octanol–water partition coefficient (Wildman–Crippen LogP) is 7.11. The third-order valence-corrected chi connectivity index (χ3v) is 8.73.